The maximum Gasteiger partial charge on any atom is 0.237 e. The zero-order chi connectivity index (χ0) is 19.8. The molecule has 0 heterocycles. The number of nitrogens with one attached hydrogen (secondary N) is 1. The van der Waals surface area contributed by atoms with Crippen molar-refractivity contribution >= 4 is 23.4 Å². The van der Waals surface area contributed by atoms with E-state index in [2.05, 4.69) is 32.2 Å². The standard InChI is InChI=1S/C22H26N2O2S/c1-5-27-21(15(2)3)22(25)24-20-10-9-19(11-16(20)4)26-14-18-8-6-7-17(12-18)13-23/h6-12,15,21H,5,14H2,1-4H3,(H,24,25). The molecule has 1 N–H and O–H groups in total. The van der Waals surface area contributed by atoms with E-state index >= 15 is 0 Å². The van der Waals surface area contributed by atoms with E-state index in [4.69, 9.17) is 10.00 Å². The fourth-order valence-corrected chi connectivity index (χ4v) is 3.67. The third kappa shape index (κ3) is 6.04. The van der Waals surface area contributed by atoms with Gasteiger partial charge >= 0.3 is 0 Å². The van der Waals surface area contributed by atoms with Crippen molar-refractivity contribution in [2.24, 2.45) is 5.92 Å². The molecule has 1 atom stereocenters. The van der Waals surface area contributed by atoms with Crippen molar-refractivity contribution in [3.8, 4) is 11.8 Å². The monoisotopic (exact) mass is 382 g/mol. The zero-order valence-electron chi connectivity index (χ0n) is 16.3. The van der Waals surface area contributed by atoms with E-state index in [9.17, 15) is 4.79 Å². The molecule has 0 fully saturated rings. The predicted molar refractivity (Wildman–Crippen MR) is 112 cm³/mol. The van der Waals surface area contributed by atoms with Crippen molar-refractivity contribution < 1.29 is 9.53 Å². The van der Waals surface area contributed by atoms with Crippen LogP contribution < -0.4 is 10.1 Å². The largest absolute Gasteiger partial charge is 0.489 e. The lowest BCUT2D eigenvalue weighted by atomic mass is 10.1. The highest BCUT2D eigenvalue weighted by molar-refractivity contribution is 8.00. The van der Waals surface area contributed by atoms with Gasteiger partial charge in [-0.3, -0.25) is 4.79 Å². The lowest BCUT2D eigenvalue weighted by Crippen LogP contribution is -2.30. The molecule has 0 spiro atoms. The average molecular weight is 383 g/mol. The topological polar surface area (TPSA) is 62.1 Å². The van der Waals surface area contributed by atoms with Gasteiger partial charge in [-0.05, 0) is 60.1 Å². The lowest BCUT2D eigenvalue weighted by Gasteiger charge is -2.20. The maximum absolute atomic E-state index is 12.6. The van der Waals surface area contributed by atoms with Crippen molar-refractivity contribution in [3.05, 3.63) is 59.2 Å². The van der Waals surface area contributed by atoms with E-state index in [1.165, 1.54) is 0 Å². The smallest absolute Gasteiger partial charge is 0.237 e. The van der Waals surface area contributed by atoms with Gasteiger partial charge in [-0.2, -0.15) is 5.26 Å². The van der Waals surface area contributed by atoms with E-state index in [0.29, 0.717) is 12.2 Å². The molecule has 0 aliphatic carbocycles. The number of hydrogen-bond donors (Lipinski definition) is 1. The first-order chi connectivity index (χ1) is 12.9. The number of nitriles is 1. The third-order valence-electron chi connectivity index (χ3n) is 4.13. The Labute approximate surface area is 165 Å². The van der Waals surface area contributed by atoms with Crippen LogP contribution in [0.5, 0.6) is 5.75 Å². The molecule has 2 rings (SSSR count). The van der Waals surface area contributed by atoms with Crippen LogP contribution in [0.3, 0.4) is 0 Å². The van der Waals surface area contributed by atoms with Gasteiger partial charge in [-0.15, -0.1) is 11.8 Å². The number of thioether (sulfide) groups is 1. The van der Waals surface area contributed by atoms with Gasteiger partial charge in [-0.25, -0.2) is 0 Å². The summed E-state index contributed by atoms with van der Waals surface area (Å²) in [5.74, 6) is 1.97. The number of rotatable bonds is 8. The lowest BCUT2D eigenvalue weighted by molar-refractivity contribution is -0.116. The van der Waals surface area contributed by atoms with Crippen molar-refractivity contribution in [2.75, 3.05) is 11.1 Å². The Bertz CT molecular complexity index is 827. The molecule has 0 radical (unpaired) electrons. The normalized spacial score (nSPS) is 11.7. The molecule has 0 aliphatic rings. The summed E-state index contributed by atoms with van der Waals surface area (Å²) < 4.78 is 5.83. The van der Waals surface area contributed by atoms with Gasteiger partial charge in [0.2, 0.25) is 5.91 Å². The number of carbonyl (C=O) groups is 1. The molecule has 1 unspecified atom stereocenters. The van der Waals surface area contributed by atoms with Crippen LogP contribution >= 0.6 is 11.8 Å². The number of carbonyl (C=O) groups excluding carboxylic acids is 1. The fraction of sp³-hybridized carbons (Fsp3) is 0.364. The number of nitrogens with zero attached hydrogens (tertiary/aromatic N) is 1. The van der Waals surface area contributed by atoms with Crippen LogP contribution in [0, 0.1) is 24.2 Å². The molecule has 142 valence electrons. The number of hydrogen-bond acceptors (Lipinski definition) is 4. The molecule has 2 aromatic carbocycles. The first kappa shape index (κ1) is 20.9. The van der Waals surface area contributed by atoms with Crippen LogP contribution in [0.15, 0.2) is 42.5 Å². The fourth-order valence-electron chi connectivity index (χ4n) is 2.72. The summed E-state index contributed by atoms with van der Waals surface area (Å²) in [6, 6.07) is 15.1. The van der Waals surface area contributed by atoms with Crippen molar-refractivity contribution in [3.63, 3.8) is 0 Å². The summed E-state index contributed by atoms with van der Waals surface area (Å²) in [4.78, 5) is 12.6. The number of ether oxygens (including phenoxy) is 1. The minimum atomic E-state index is -0.0577. The van der Waals surface area contributed by atoms with Crippen LogP contribution in [0.25, 0.3) is 0 Å². The van der Waals surface area contributed by atoms with Crippen LogP contribution in [0.4, 0.5) is 5.69 Å². The molecule has 4 nitrogen and oxygen atoms in total. The van der Waals surface area contributed by atoms with E-state index in [-0.39, 0.29) is 17.1 Å². The van der Waals surface area contributed by atoms with Crippen LogP contribution in [-0.2, 0) is 11.4 Å². The third-order valence-corrected chi connectivity index (χ3v) is 5.58. The van der Waals surface area contributed by atoms with Gasteiger partial charge in [0.05, 0.1) is 16.9 Å². The summed E-state index contributed by atoms with van der Waals surface area (Å²) >= 11 is 1.67. The molecule has 0 saturated heterocycles. The molecule has 27 heavy (non-hydrogen) atoms. The number of aryl methyl sites for hydroxylation is 1. The van der Waals surface area contributed by atoms with Crippen LogP contribution in [-0.4, -0.2) is 16.9 Å². The number of benzene rings is 2. The second-order valence-electron chi connectivity index (χ2n) is 6.69. The Kier molecular flexibility index (Phi) is 7.75. The number of amides is 1. The van der Waals surface area contributed by atoms with Gasteiger partial charge in [0, 0.05) is 5.69 Å². The van der Waals surface area contributed by atoms with Crippen molar-refractivity contribution in [1.82, 2.24) is 0 Å². The number of anilines is 1. The maximum atomic E-state index is 12.6. The van der Waals surface area contributed by atoms with Gasteiger partial charge in [-0.1, -0.05) is 32.9 Å². The van der Waals surface area contributed by atoms with Crippen LogP contribution in [0.1, 0.15) is 37.5 Å². The first-order valence-electron chi connectivity index (χ1n) is 9.09. The van der Waals surface area contributed by atoms with E-state index in [0.717, 1.165) is 28.3 Å². The summed E-state index contributed by atoms with van der Waals surface area (Å²) in [5.41, 5.74) is 3.33. The van der Waals surface area contributed by atoms with Crippen molar-refractivity contribution in [1.29, 1.82) is 5.26 Å². The highest BCUT2D eigenvalue weighted by Crippen LogP contribution is 2.25. The minimum Gasteiger partial charge on any atom is -0.489 e. The Hall–Kier alpha value is -2.45. The van der Waals surface area contributed by atoms with Gasteiger partial charge in [0.25, 0.3) is 0 Å². The Morgan fingerprint density at radius 2 is 2.04 bits per heavy atom. The van der Waals surface area contributed by atoms with Gasteiger partial charge in [0.1, 0.15) is 12.4 Å². The highest BCUT2D eigenvalue weighted by atomic mass is 32.2. The molecule has 5 heteroatoms. The molecule has 0 aromatic heterocycles. The summed E-state index contributed by atoms with van der Waals surface area (Å²) in [5, 5.41) is 11.9. The molecular weight excluding hydrogens is 356 g/mol. The molecular formula is C22H26N2O2S. The van der Waals surface area contributed by atoms with Crippen LogP contribution in [0.2, 0.25) is 0 Å². The second kappa shape index (κ2) is 10.0. The molecule has 0 saturated carbocycles. The quantitative estimate of drug-likeness (QED) is 0.685. The average Bonchev–Trinajstić information content (AvgIpc) is 2.66. The predicted octanol–water partition coefficient (Wildman–Crippen LogP) is 5.16. The molecule has 1 amide bonds. The second-order valence-corrected chi connectivity index (χ2v) is 8.11. The molecule has 0 bridgehead atoms. The van der Waals surface area contributed by atoms with Gasteiger partial charge in [0.15, 0.2) is 0 Å². The zero-order valence-corrected chi connectivity index (χ0v) is 17.1. The Morgan fingerprint density at radius 1 is 1.26 bits per heavy atom. The summed E-state index contributed by atoms with van der Waals surface area (Å²) in [6.45, 7) is 8.55. The highest BCUT2D eigenvalue weighted by Gasteiger charge is 2.22. The molecule has 0 aliphatic heterocycles. The van der Waals surface area contributed by atoms with Gasteiger partial charge < -0.3 is 10.1 Å². The summed E-state index contributed by atoms with van der Waals surface area (Å²) in [6.07, 6.45) is 0. The SMILES string of the molecule is CCSC(C(=O)Nc1ccc(OCc2cccc(C#N)c2)cc1C)C(C)C. The first-order valence-corrected chi connectivity index (χ1v) is 10.1. The summed E-state index contributed by atoms with van der Waals surface area (Å²) in [7, 11) is 0. The van der Waals surface area contributed by atoms with E-state index in [1.807, 2.05) is 43.3 Å². The minimum absolute atomic E-state index is 0.0435. The van der Waals surface area contributed by atoms with Crippen molar-refractivity contribution in [2.45, 2.75) is 39.6 Å². The van der Waals surface area contributed by atoms with E-state index < -0.39 is 0 Å². The Morgan fingerprint density at radius 3 is 2.67 bits per heavy atom. The molecule has 2 aromatic rings. The Balaban J connectivity index is 2.02. The van der Waals surface area contributed by atoms with E-state index in [1.54, 1.807) is 17.8 Å².